The Bertz CT molecular complexity index is 482. The van der Waals surface area contributed by atoms with Crippen molar-refractivity contribution in [2.45, 2.75) is 70.6 Å². The summed E-state index contributed by atoms with van der Waals surface area (Å²) >= 11 is 0. The monoisotopic (exact) mass is 325 g/mol. The normalized spacial score (nSPS) is 13.2. The third-order valence-corrected chi connectivity index (χ3v) is 4.91. The molecule has 1 rings (SSSR count). The third kappa shape index (κ3) is 9.21. The zero-order chi connectivity index (χ0) is 16.3. The fraction of sp³-hybridized carbons (Fsp3) is 0.667. The van der Waals surface area contributed by atoms with Crippen molar-refractivity contribution in [2.24, 2.45) is 0 Å². The largest absolute Gasteiger partial charge is 0.748 e. The Morgan fingerprint density at radius 2 is 1.50 bits per heavy atom. The first-order valence-corrected chi connectivity index (χ1v) is 10.1. The summed E-state index contributed by atoms with van der Waals surface area (Å²) < 4.78 is 31.8. The van der Waals surface area contributed by atoms with Crippen molar-refractivity contribution < 1.29 is 13.0 Å². The quantitative estimate of drug-likeness (QED) is 0.408. The van der Waals surface area contributed by atoms with Crippen LogP contribution in [0.15, 0.2) is 30.3 Å². The van der Waals surface area contributed by atoms with Crippen LogP contribution in [0, 0.1) is 0 Å². The van der Waals surface area contributed by atoms with E-state index in [2.05, 4.69) is 31.2 Å². The lowest BCUT2D eigenvalue weighted by molar-refractivity contribution is 0.457. The van der Waals surface area contributed by atoms with Crippen LogP contribution in [0.4, 0.5) is 0 Å². The summed E-state index contributed by atoms with van der Waals surface area (Å²) in [5.41, 5.74) is 1.38. The van der Waals surface area contributed by atoms with E-state index in [9.17, 15) is 13.0 Å². The van der Waals surface area contributed by atoms with Gasteiger partial charge in [0.25, 0.3) is 0 Å². The van der Waals surface area contributed by atoms with Crippen LogP contribution in [0.5, 0.6) is 0 Å². The van der Waals surface area contributed by atoms with Crippen molar-refractivity contribution in [3.63, 3.8) is 0 Å². The van der Waals surface area contributed by atoms with Gasteiger partial charge in [-0.3, -0.25) is 0 Å². The van der Waals surface area contributed by atoms with Gasteiger partial charge >= 0.3 is 0 Å². The van der Waals surface area contributed by atoms with Crippen molar-refractivity contribution in [3.05, 3.63) is 35.9 Å². The molecule has 0 aliphatic rings. The van der Waals surface area contributed by atoms with E-state index in [1.54, 1.807) is 0 Å². The van der Waals surface area contributed by atoms with E-state index >= 15 is 0 Å². The lowest BCUT2D eigenvalue weighted by Crippen LogP contribution is -2.04. The molecule has 1 aromatic rings. The van der Waals surface area contributed by atoms with Crippen LogP contribution in [-0.2, 0) is 10.1 Å². The molecule has 1 aromatic carbocycles. The molecule has 0 saturated carbocycles. The minimum absolute atomic E-state index is 0.223. The molecule has 0 saturated heterocycles. The molecule has 0 radical (unpaired) electrons. The molecule has 22 heavy (non-hydrogen) atoms. The molecule has 0 fully saturated rings. The van der Waals surface area contributed by atoms with Crippen LogP contribution in [0.3, 0.4) is 0 Å². The van der Waals surface area contributed by atoms with Gasteiger partial charge in [0.2, 0.25) is 0 Å². The van der Waals surface area contributed by atoms with Gasteiger partial charge in [0.05, 0.1) is 10.1 Å². The lowest BCUT2D eigenvalue weighted by Gasteiger charge is -2.17. The summed E-state index contributed by atoms with van der Waals surface area (Å²) in [7, 11) is -4.05. The van der Waals surface area contributed by atoms with Gasteiger partial charge in [-0.05, 0) is 30.7 Å². The Balaban J connectivity index is 2.38. The minimum Gasteiger partial charge on any atom is -0.748 e. The fourth-order valence-electron chi connectivity index (χ4n) is 2.87. The number of rotatable bonds is 12. The first-order chi connectivity index (χ1) is 10.5. The molecule has 0 aliphatic heterocycles. The van der Waals surface area contributed by atoms with Crippen LogP contribution in [0.25, 0.3) is 0 Å². The fourth-order valence-corrected chi connectivity index (χ4v) is 3.42. The van der Waals surface area contributed by atoms with Crippen molar-refractivity contribution in [1.82, 2.24) is 0 Å². The lowest BCUT2D eigenvalue weighted by atomic mass is 9.88. The van der Waals surface area contributed by atoms with Crippen LogP contribution in [0.1, 0.15) is 76.2 Å². The van der Waals surface area contributed by atoms with Crippen molar-refractivity contribution in [2.75, 3.05) is 5.75 Å². The molecule has 0 aliphatic carbocycles. The van der Waals surface area contributed by atoms with E-state index in [0.717, 1.165) is 19.3 Å². The summed E-state index contributed by atoms with van der Waals surface area (Å²) in [5.74, 6) is 0.335. The third-order valence-electron chi connectivity index (χ3n) is 4.12. The van der Waals surface area contributed by atoms with Crippen LogP contribution in [0.2, 0.25) is 0 Å². The molecule has 4 heteroatoms. The van der Waals surface area contributed by atoms with E-state index < -0.39 is 10.1 Å². The average Bonchev–Trinajstić information content (AvgIpc) is 2.49. The smallest absolute Gasteiger partial charge is 0.0945 e. The molecule has 1 unspecified atom stereocenters. The van der Waals surface area contributed by atoms with Gasteiger partial charge in [-0.2, -0.15) is 0 Å². The van der Waals surface area contributed by atoms with Gasteiger partial charge in [0.1, 0.15) is 0 Å². The molecule has 0 N–H and O–H groups in total. The van der Waals surface area contributed by atoms with Gasteiger partial charge in [0.15, 0.2) is 0 Å². The van der Waals surface area contributed by atoms with E-state index in [-0.39, 0.29) is 5.75 Å². The molecule has 0 heterocycles. The second-order valence-corrected chi connectivity index (χ2v) is 7.59. The second kappa shape index (κ2) is 10.8. The molecule has 3 nitrogen and oxygen atoms in total. The highest BCUT2D eigenvalue weighted by Gasteiger charge is 2.10. The Labute approximate surface area is 135 Å². The average molecular weight is 325 g/mol. The summed E-state index contributed by atoms with van der Waals surface area (Å²) in [5, 5.41) is 0. The first-order valence-electron chi connectivity index (χ1n) is 8.51. The van der Waals surface area contributed by atoms with Crippen molar-refractivity contribution in [1.29, 1.82) is 0 Å². The molecule has 0 bridgehead atoms. The van der Waals surface area contributed by atoms with Gasteiger partial charge < -0.3 is 4.55 Å². The predicted molar refractivity (Wildman–Crippen MR) is 91.0 cm³/mol. The second-order valence-electron chi connectivity index (χ2n) is 6.07. The zero-order valence-corrected chi connectivity index (χ0v) is 14.5. The highest BCUT2D eigenvalue weighted by atomic mass is 32.2. The highest BCUT2D eigenvalue weighted by molar-refractivity contribution is 7.85. The van der Waals surface area contributed by atoms with Gasteiger partial charge in [-0.25, -0.2) is 8.42 Å². The van der Waals surface area contributed by atoms with E-state index in [4.69, 9.17) is 0 Å². The van der Waals surface area contributed by atoms with Crippen LogP contribution >= 0.6 is 0 Å². The predicted octanol–water partition coefficient (Wildman–Crippen LogP) is 4.85. The summed E-state index contributed by atoms with van der Waals surface area (Å²) in [6.45, 7) is 2.22. The number of benzene rings is 1. The number of hydrogen-bond acceptors (Lipinski definition) is 3. The standard InChI is InChI=1S/C18H30O3S/c1-2-3-4-7-12-17(18-13-8-5-9-14-18)15-10-6-11-16-22(19,20)21/h5,8-9,13-14,17H,2-4,6-7,10-12,15-16H2,1H3,(H,19,20,21)/p-1. The molecule has 1 atom stereocenters. The van der Waals surface area contributed by atoms with Gasteiger partial charge in [-0.1, -0.05) is 75.8 Å². The van der Waals surface area contributed by atoms with Gasteiger partial charge in [-0.15, -0.1) is 0 Å². The zero-order valence-electron chi connectivity index (χ0n) is 13.7. The van der Waals surface area contributed by atoms with E-state index in [0.29, 0.717) is 12.3 Å². The molecule has 0 aromatic heterocycles. The molecular formula is C18H29O3S-. The van der Waals surface area contributed by atoms with Crippen molar-refractivity contribution >= 4 is 10.1 Å². The van der Waals surface area contributed by atoms with Crippen LogP contribution < -0.4 is 0 Å². The summed E-state index contributed by atoms with van der Waals surface area (Å²) in [6, 6.07) is 10.6. The molecular weight excluding hydrogens is 296 g/mol. The van der Waals surface area contributed by atoms with E-state index in [1.165, 1.54) is 37.7 Å². The number of hydrogen-bond donors (Lipinski definition) is 0. The molecule has 0 amide bonds. The maximum Gasteiger partial charge on any atom is 0.0945 e. The first kappa shape index (κ1) is 19.2. The molecule has 126 valence electrons. The highest BCUT2D eigenvalue weighted by Crippen LogP contribution is 2.28. The van der Waals surface area contributed by atoms with Gasteiger partial charge in [0, 0.05) is 5.75 Å². The SMILES string of the molecule is CCCCCCC(CCCCCS(=O)(=O)[O-])c1ccccc1. The van der Waals surface area contributed by atoms with Crippen LogP contribution in [-0.4, -0.2) is 18.7 Å². The Hall–Kier alpha value is -0.870. The molecule has 0 spiro atoms. The minimum atomic E-state index is -4.05. The number of unbranched alkanes of at least 4 members (excludes halogenated alkanes) is 5. The maximum atomic E-state index is 10.6. The Kier molecular flexibility index (Phi) is 9.41. The Morgan fingerprint density at radius 1 is 0.909 bits per heavy atom. The topological polar surface area (TPSA) is 57.2 Å². The van der Waals surface area contributed by atoms with E-state index in [1.807, 2.05) is 6.07 Å². The summed E-state index contributed by atoms with van der Waals surface area (Å²) in [6.07, 6.45) is 9.66. The van der Waals surface area contributed by atoms with Crippen molar-refractivity contribution in [3.8, 4) is 0 Å². The maximum absolute atomic E-state index is 10.6. The summed E-state index contributed by atoms with van der Waals surface area (Å²) in [4.78, 5) is 0. The Morgan fingerprint density at radius 3 is 2.05 bits per heavy atom.